The predicted molar refractivity (Wildman–Crippen MR) is 79.9 cm³/mol. The van der Waals surface area contributed by atoms with Crippen LogP contribution >= 0.6 is 0 Å². The highest BCUT2D eigenvalue weighted by molar-refractivity contribution is 5.16. The van der Waals surface area contributed by atoms with E-state index in [1.807, 2.05) is 0 Å². The second-order valence-electron chi connectivity index (χ2n) is 8.18. The molecule has 1 N–H and O–H groups in total. The molecule has 0 spiro atoms. The van der Waals surface area contributed by atoms with Crippen LogP contribution in [0.4, 0.5) is 0 Å². The van der Waals surface area contributed by atoms with Gasteiger partial charge in [-0.05, 0) is 80.1 Å². The van der Waals surface area contributed by atoms with E-state index >= 15 is 0 Å². The van der Waals surface area contributed by atoms with E-state index in [-0.39, 0.29) is 0 Å². The molecule has 4 saturated carbocycles. The third-order valence-corrected chi connectivity index (χ3v) is 7.13. The van der Waals surface area contributed by atoms with E-state index in [4.69, 9.17) is 0 Å². The zero-order valence-electron chi connectivity index (χ0n) is 12.8. The van der Waals surface area contributed by atoms with E-state index in [1.165, 1.54) is 32.2 Å². The summed E-state index contributed by atoms with van der Waals surface area (Å²) >= 11 is 0. The molecular weight excluding hydrogens is 230 g/mol. The lowest BCUT2D eigenvalue weighted by Gasteiger charge is -2.35. The van der Waals surface area contributed by atoms with Crippen molar-refractivity contribution in [1.29, 1.82) is 0 Å². The van der Waals surface area contributed by atoms with Gasteiger partial charge in [0.2, 0.25) is 0 Å². The van der Waals surface area contributed by atoms with Gasteiger partial charge in [0.05, 0.1) is 0 Å². The molecule has 0 heterocycles. The number of fused-ring (bicyclic) bond motifs is 5. The van der Waals surface area contributed by atoms with Gasteiger partial charge in [-0.25, -0.2) is 0 Å². The van der Waals surface area contributed by atoms with Crippen LogP contribution in [0.15, 0.2) is 0 Å². The maximum atomic E-state index is 3.93. The summed E-state index contributed by atoms with van der Waals surface area (Å²) < 4.78 is 0. The van der Waals surface area contributed by atoms with E-state index in [9.17, 15) is 0 Å². The van der Waals surface area contributed by atoms with Crippen molar-refractivity contribution in [2.24, 2.45) is 41.4 Å². The molecule has 1 nitrogen and oxygen atoms in total. The van der Waals surface area contributed by atoms with Gasteiger partial charge in [-0.1, -0.05) is 26.7 Å². The highest BCUT2D eigenvalue weighted by atomic mass is 15.0. The van der Waals surface area contributed by atoms with Crippen molar-refractivity contribution in [3.05, 3.63) is 0 Å². The Bertz CT molecular complexity index is 323. The summed E-state index contributed by atoms with van der Waals surface area (Å²) in [7, 11) is 0. The molecule has 4 aliphatic rings. The van der Waals surface area contributed by atoms with Crippen molar-refractivity contribution in [1.82, 2.24) is 5.32 Å². The van der Waals surface area contributed by atoms with Gasteiger partial charge in [0.1, 0.15) is 0 Å². The Morgan fingerprint density at radius 3 is 2.37 bits per heavy atom. The minimum absolute atomic E-state index is 0.881. The van der Waals surface area contributed by atoms with E-state index < -0.39 is 0 Å². The van der Waals surface area contributed by atoms with Crippen LogP contribution in [-0.2, 0) is 0 Å². The van der Waals surface area contributed by atoms with Crippen molar-refractivity contribution in [3.63, 3.8) is 0 Å². The quantitative estimate of drug-likeness (QED) is 0.804. The smallest absolute Gasteiger partial charge is 0.0129 e. The molecule has 19 heavy (non-hydrogen) atoms. The van der Waals surface area contributed by atoms with Crippen molar-refractivity contribution >= 4 is 0 Å². The van der Waals surface area contributed by atoms with Gasteiger partial charge in [0, 0.05) is 6.04 Å². The van der Waals surface area contributed by atoms with E-state index in [0.29, 0.717) is 0 Å². The second kappa shape index (κ2) is 4.76. The first kappa shape index (κ1) is 12.7. The Morgan fingerprint density at radius 2 is 1.74 bits per heavy atom. The fourth-order valence-electron chi connectivity index (χ4n) is 6.53. The van der Waals surface area contributed by atoms with Gasteiger partial charge in [-0.2, -0.15) is 0 Å². The first-order valence-corrected chi connectivity index (χ1v) is 9.03. The normalized spacial score (nSPS) is 53.1. The van der Waals surface area contributed by atoms with Crippen LogP contribution in [-0.4, -0.2) is 12.6 Å². The second-order valence-corrected chi connectivity index (χ2v) is 8.18. The molecular formula is C18H31N. The monoisotopic (exact) mass is 261 g/mol. The molecule has 7 unspecified atom stereocenters. The highest BCUT2D eigenvalue weighted by Crippen LogP contribution is 2.71. The first-order chi connectivity index (χ1) is 9.29. The largest absolute Gasteiger partial charge is 0.314 e. The number of hydrogen-bond donors (Lipinski definition) is 1. The lowest BCUT2D eigenvalue weighted by molar-refractivity contribution is 0.191. The Labute approximate surface area is 118 Å². The zero-order chi connectivity index (χ0) is 13.0. The topological polar surface area (TPSA) is 12.0 Å². The van der Waals surface area contributed by atoms with E-state index in [2.05, 4.69) is 19.2 Å². The van der Waals surface area contributed by atoms with E-state index in [0.717, 1.165) is 47.5 Å². The Morgan fingerprint density at radius 1 is 1.00 bits per heavy atom. The summed E-state index contributed by atoms with van der Waals surface area (Å²) in [4.78, 5) is 0. The predicted octanol–water partition coefficient (Wildman–Crippen LogP) is 4.08. The third kappa shape index (κ3) is 1.99. The summed E-state index contributed by atoms with van der Waals surface area (Å²) in [5.74, 6) is 7.65. The van der Waals surface area contributed by atoms with Gasteiger partial charge < -0.3 is 5.32 Å². The SMILES string of the molecule is CCNC(C1CCCC(C)C1)C1C2C3CCC(C3)C21. The summed E-state index contributed by atoms with van der Waals surface area (Å²) in [5, 5.41) is 3.93. The number of nitrogens with one attached hydrogen (secondary N) is 1. The van der Waals surface area contributed by atoms with Gasteiger partial charge in [-0.3, -0.25) is 0 Å². The van der Waals surface area contributed by atoms with Crippen LogP contribution in [0.5, 0.6) is 0 Å². The summed E-state index contributed by atoms with van der Waals surface area (Å²) in [5.41, 5.74) is 0. The third-order valence-electron chi connectivity index (χ3n) is 7.13. The fourth-order valence-corrected chi connectivity index (χ4v) is 6.53. The van der Waals surface area contributed by atoms with Crippen molar-refractivity contribution in [2.75, 3.05) is 6.54 Å². The molecule has 4 fully saturated rings. The molecule has 0 aliphatic heterocycles. The Balaban J connectivity index is 1.47. The molecule has 0 aromatic carbocycles. The molecule has 0 radical (unpaired) electrons. The molecule has 4 rings (SSSR count). The summed E-state index contributed by atoms with van der Waals surface area (Å²) in [6, 6.07) is 0.881. The number of rotatable bonds is 4. The maximum absolute atomic E-state index is 3.93. The average molecular weight is 261 g/mol. The highest BCUT2D eigenvalue weighted by Gasteiger charge is 2.67. The van der Waals surface area contributed by atoms with Crippen molar-refractivity contribution in [2.45, 2.75) is 64.8 Å². The van der Waals surface area contributed by atoms with E-state index in [1.54, 1.807) is 19.3 Å². The lowest BCUT2D eigenvalue weighted by atomic mass is 9.76. The standard InChI is InChI=1S/C18H31N/c1-3-19-18(14-6-4-5-11(2)9-14)17-15-12-7-8-13(10-12)16(15)17/h11-19H,3-10H2,1-2H3. The van der Waals surface area contributed by atoms with Crippen LogP contribution in [0.2, 0.25) is 0 Å². The molecule has 2 bridgehead atoms. The van der Waals surface area contributed by atoms with Gasteiger partial charge >= 0.3 is 0 Å². The van der Waals surface area contributed by atoms with Gasteiger partial charge in [-0.15, -0.1) is 0 Å². The molecule has 4 aliphatic carbocycles. The zero-order valence-corrected chi connectivity index (χ0v) is 12.8. The average Bonchev–Trinajstić information content (AvgIpc) is 2.82. The minimum Gasteiger partial charge on any atom is -0.314 e. The Hall–Kier alpha value is -0.0400. The fraction of sp³-hybridized carbons (Fsp3) is 1.00. The van der Waals surface area contributed by atoms with Crippen LogP contribution in [0, 0.1) is 41.4 Å². The molecule has 7 atom stereocenters. The van der Waals surface area contributed by atoms with Crippen LogP contribution in [0.1, 0.15) is 58.8 Å². The molecule has 0 aromatic heterocycles. The van der Waals surface area contributed by atoms with Crippen molar-refractivity contribution in [3.8, 4) is 0 Å². The van der Waals surface area contributed by atoms with Gasteiger partial charge in [0.15, 0.2) is 0 Å². The molecule has 0 amide bonds. The van der Waals surface area contributed by atoms with Crippen LogP contribution < -0.4 is 5.32 Å². The summed E-state index contributed by atoms with van der Waals surface area (Å²) in [6.45, 7) is 5.97. The van der Waals surface area contributed by atoms with Gasteiger partial charge in [0.25, 0.3) is 0 Å². The maximum Gasteiger partial charge on any atom is 0.0129 e. The number of hydrogen-bond acceptors (Lipinski definition) is 1. The Kier molecular flexibility index (Phi) is 3.17. The molecule has 0 aromatic rings. The van der Waals surface area contributed by atoms with Crippen LogP contribution in [0.25, 0.3) is 0 Å². The summed E-state index contributed by atoms with van der Waals surface area (Å²) in [6.07, 6.45) is 10.7. The van der Waals surface area contributed by atoms with Crippen LogP contribution in [0.3, 0.4) is 0 Å². The first-order valence-electron chi connectivity index (χ1n) is 9.03. The van der Waals surface area contributed by atoms with Crippen molar-refractivity contribution < 1.29 is 0 Å². The lowest BCUT2D eigenvalue weighted by Crippen LogP contribution is -2.41. The minimum atomic E-state index is 0.881. The molecule has 0 saturated heterocycles. The molecule has 1 heteroatoms. The molecule has 108 valence electrons.